The summed E-state index contributed by atoms with van der Waals surface area (Å²) in [6.45, 7) is 5.66. The fourth-order valence-corrected chi connectivity index (χ4v) is 1.36. The predicted molar refractivity (Wildman–Crippen MR) is 64.7 cm³/mol. The first kappa shape index (κ1) is 13.7. The van der Waals surface area contributed by atoms with E-state index < -0.39 is 0 Å². The van der Waals surface area contributed by atoms with Crippen LogP contribution < -0.4 is 5.32 Å². The molecule has 14 heavy (non-hydrogen) atoms. The molecular weight excluding hydrogens is 172 g/mol. The number of nitrogens with one attached hydrogen (secondary N) is 1. The second-order valence-electron chi connectivity index (χ2n) is 3.83. The summed E-state index contributed by atoms with van der Waals surface area (Å²) in [6.07, 6.45) is 9.64. The average molecular weight is 198 g/mol. The van der Waals surface area contributed by atoms with E-state index >= 15 is 0 Å². The van der Waals surface area contributed by atoms with E-state index in [1.54, 1.807) is 0 Å². The van der Waals surface area contributed by atoms with Crippen molar-refractivity contribution in [3.63, 3.8) is 0 Å². The monoisotopic (exact) mass is 198 g/mol. The molecule has 0 saturated heterocycles. The molecule has 0 bridgehead atoms. The van der Waals surface area contributed by atoms with Gasteiger partial charge >= 0.3 is 0 Å². The zero-order chi connectivity index (χ0) is 10.6. The molecule has 0 aliphatic carbocycles. The van der Waals surface area contributed by atoms with Gasteiger partial charge in [0, 0.05) is 13.1 Å². The molecule has 0 aliphatic heterocycles. The van der Waals surface area contributed by atoms with Gasteiger partial charge < -0.3 is 10.2 Å². The minimum atomic E-state index is 0.986. The molecule has 0 radical (unpaired) electrons. The summed E-state index contributed by atoms with van der Waals surface area (Å²) < 4.78 is 0. The maximum atomic E-state index is 3.10. The Morgan fingerprint density at radius 3 is 2.57 bits per heavy atom. The minimum Gasteiger partial charge on any atom is -0.316 e. The summed E-state index contributed by atoms with van der Waals surface area (Å²) in [5.74, 6) is 0. The Balaban J connectivity index is 3.21. The van der Waals surface area contributed by atoms with Gasteiger partial charge in [-0.15, -0.1) is 0 Å². The molecule has 0 aliphatic rings. The Bertz CT molecular complexity index is 132. The Morgan fingerprint density at radius 2 is 1.93 bits per heavy atom. The molecule has 0 aromatic rings. The molecule has 0 spiro atoms. The normalized spacial score (nSPS) is 11.7. The Hall–Kier alpha value is -0.340. The average Bonchev–Trinajstić information content (AvgIpc) is 2.18. The Labute approximate surface area is 89.4 Å². The van der Waals surface area contributed by atoms with Gasteiger partial charge in [-0.1, -0.05) is 31.9 Å². The van der Waals surface area contributed by atoms with Crippen LogP contribution in [0, 0.1) is 0 Å². The number of hydrogen-bond acceptors (Lipinski definition) is 2. The number of rotatable bonds is 9. The third-order valence-corrected chi connectivity index (χ3v) is 2.31. The molecule has 84 valence electrons. The third kappa shape index (κ3) is 9.75. The van der Waals surface area contributed by atoms with Crippen molar-refractivity contribution in [2.24, 2.45) is 0 Å². The summed E-state index contributed by atoms with van der Waals surface area (Å²) in [5.41, 5.74) is 0. The number of unbranched alkanes of at least 4 members (excludes halogenated alkanes) is 2. The standard InChI is InChI=1S/C12H26N2/c1-4-5-8-11-14(3)12-9-6-7-10-13-2/h6-7,13H,4-5,8-12H2,1-3H3/b7-6-. The first-order chi connectivity index (χ1) is 6.81. The lowest BCUT2D eigenvalue weighted by Gasteiger charge is -2.14. The van der Waals surface area contributed by atoms with Crippen LogP contribution in [0.4, 0.5) is 0 Å². The van der Waals surface area contributed by atoms with Gasteiger partial charge in [0.15, 0.2) is 0 Å². The molecule has 0 rings (SSSR count). The van der Waals surface area contributed by atoms with Gasteiger partial charge in [-0.05, 0) is 33.5 Å². The summed E-state index contributed by atoms with van der Waals surface area (Å²) in [6, 6.07) is 0. The highest BCUT2D eigenvalue weighted by molar-refractivity contribution is 4.83. The van der Waals surface area contributed by atoms with Gasteiger partial charge in [-0.3, -0.25) is 0 Å². The van der Waals surface area contributed by atoms with Crippen LogP contribution in [0.3, 0.4) is 0 Å². The second kappa shape index (κ2) is 10.7. The molecule has 2 nitrogen and oxygen atoms in total. The highest BCUT2D eigenvalue weighted by Crippen LogP contribution is 1.97. The maximum Gasteiger partial charge on any atom is 0.0131 e. The number of nitrogens with zero attached hydrogens (tertiary/aromatic N) is 1. The van der Waals surface area contributed by atoms with Crippen molar-refractivity contribution in [1.29, 1.82) is 0 Å². The van der Waals surface area contributed by atoms with E-state index in [9.17, 15) is 0 Å². The van der Waals surface area contributed by atoms with Crippen molar-refractivity contribution in [2.45, 2.75) is 32.6 Å². The summed E-state index contributed by atoms with van der Waals surface area (Å²) >= 11 is 0. The lowest BCUT2D eigenvalue weighted by atomic mass is 10.2. The van der Waals surface area contributed by atoms with Crippen molar-refractivity contribution in [3.8, 4) is 0 Å². The van der Waals surface area contributed by atoms with Crippen LogP contribution in [0.2, 0.25) is 0 Å². The van der Waals surface area contributed by atoms with Crippen molar-refractivity contribution in [1.82, 2.24) is 10.2 Å². The van der Waals surface area contributed by atoms with Gasteiger partial charge in [0.25, 0.3) is 0 Å². The van der Waals surface area contributed by atoms with Crippen LogP contribution >= 0.6 is 0 Å². The van der Waals surface area contributed by atoms with E-state index in [2.05, 4.69) is 36.3 Å². The van der Waals surface area contributed by atoms with Crippen molar-refractivity contribution in [2.75, 3.05) is 33.7 Å². The minimum absolute atomic E-state index is 0.986. The fourth-order valence-electron chi connectivity index (χ4n) is 1.36. The van der Waals surface area contributed by atoms with E-state index in [4.69, 9.17) is 0 Å². The molecule has 0 amide bonds. The van der Waals surface area contributed by atoms with Gasteiger partial charge in [0.2, 0.25) is 0 Å². The zero-order valence-corrected chi connectivity index (χ0v) is 10.1. The van der Waals surface area contributed by atoms with Crippen molar-refractivity contribution < 1.29 is 0 Å². The van der Waals surface area contributed by atoms with E-state index in [0.717, 1.165) is 6.54 Å². The predicted octanol–water partition coefficient (Wildman–Crippen LogP) is 2.27. The Morgan fingerprint density at radius 1 is 1.14 bits per heavy atom. The highest BCUT2D eigenvalue weighted by atomic mass is 15.1. The van der Waals surface area contributed by atoms with E-state index in [-0.39, 0.29) is 0 Å². The molecule has 0 fully saturated rings. The smallest absolute Gasteiger partial charge is 0.0131 e. The lowest BCUT2D eigenvalue weighted by Crippen LogP contribution is -2.20. The lowest BCUT2D eigenvalue weighted by molar-refractivity contribution is 0.331. The topological polar surface area (TPSA) is 15.3 Å². The van der Waals surface area contributed by atoms with Crippen LogP contribution in [0.15, 0.2) is 12.2 Å². The maximum absolute atomic E-state index is 3.10. The van der Waals surface area contributed by atoms with Gasteiger partial charge in [-0.2, -0.15) is 0 Å². The second-order valence-corrected chi connectivity index (χ2v) is 3.83. The molecule has 0 saturated carbocycles. The Kier molecular flexibility index (Phi) is 10.5. The number of likely N-dealkylation sites (N-methyl/N-ethyl adjacent to an activating group) is 1. The molecule has 2 heteroatoms. The third-order valence-electron chi connectivity index (χ3n) is 2.31. The summed E-state index contributed by atoms with van der Waals surface area (Å²) in [4.78, 5) is 2.42. The molecule has 0 heterocycles. The number of hydrogen-bond donors (Lipinski definition) is 1. The van der Waals surface area contributed by atoms with Crippen LogP contribution in [-0.4, -0.2) is 38.6 Å². The van der Waals surface area contributed by atoms with E-state index in [0.29, 0.717) is 0 Å². The quantitative estimate of drug-likeness (QED) is 0.452. The van der Waals surface area contributed by atoms with Crippen LogP contribution in [0.25, 0.3) is 0 Å². The van der Waals surface area contributed by atoms with Gasteiger partial charge in [0.1, 0.15) is 0 Å². The molecule has 1 N–H and O–H groups in total. The first-order valence-electron chi connectivity index (χ1n) is 5.79. The van der Waals surface area contributed by atoms with Crippen LogP contribution in [-0.2, 0) is 0 Å². The summed E-state index contributed by atoms with van der Waals surface area (Å²) in [7, 11) is 4.18. The van der Waals surface area contributed by atoms with Crippen molar-refractivity contribution in [3.05, 3.63) is 12.2 Å². The highest BCUT2D eigenvalue weighted by Gasteiger charge is 1.94. The molecule has 0 aromatic carbocycles. The van der Waals surface area contributed by atoms with E-state index in [1.807, 2.05) is 7.05 Å². The first-order valence-corrected chi connectivity index (χ1v) is 5.79. The van der Waals surface area contributed by atoms with Gasteiger partial charge in [0.05, 0.1) is 0 Å². The molecule has 0 unspecified atom stereocenters. The zero-order valence-electron chi connectivity index (χ0n) is 10.1. The van der Waals surface area contributed by atoms with Crippen molar-refractivity contribution >= 4 is 0 Å². The summed E-state index contributed by atoms with van der Waals surface area (Å²) in [5, 5.41) is 3.10. The van der Waals surface area contributed by atoms with E-state index in [1.165, 1.54) is 38.8 Å². The largest absolute Gasteiger partial charge is 0.316 e. The molecule has 0 atom stereocenters. The SMILES string of the molecule is CCCCCN(C)CC/C=C\CNC. The van der Waals surface area contributed by atoms with Gasteiger partial charge in [-0.25, -0.2) is 0 Å². The molecule has 0 aromatic heterocycles. The van der Waals surface area contributed by atoms with Crippen LogP contribution in [0.5, 0.6) is 0 Å². The van der Waals surface area contributed by atoms with Crippen LogP contribution in [0.1, 0.15) is 32.6 Å². The molecular formula is C12H26N2. The fraction of sp³-hybridized carbons (Fsp3) is 0.833.